The van der Waals surface area contributed by atoms with Crippen LogP contribution in [-0.2, 0) is 17.8 Å². The number of hydrogen-bond acceptors (Lipinski definition) is 6. The summed E-state index contributed by atoms with van der Waals surface area (Å²) in [7, 11) is 0. The van der Waals surface area contributed by atoms with E-state index in [1.54, 1.807) is 0 Å². The minimum atomic E-state index is -0.507. The van der Waals surface area contributed by atoms with Gasteiger partial charge in [0.25, 0.3) is 0 Å². The molecule has 126 valence electrons. The van der Waals surface area contributed by atoms with E-state index >= 15 is 0 Å². The van der Waals surface area contributed by atoms with Gasteiger partial charge in [0, 0.05) is 25.1 Å². The van der Waals surface area contributed by atoms with E-state index in [9.17, 15) is 5.11 Å². The molecule has 3 heterocycles. The molecule has 0 aliphatic carbocycles. The molecular formula is C18H21N3O3. The van der Waals surface area contributed by atoms with Gasteiger partial charge in [0.1, 0.15) is 24.0 Å². The molecule has 0 bridgehead atoms. The maximum atomic E-state index is 10.1. The number of anilines is 1. The van der Waals surface area contributed by atoms with Gasteiger partial charge in [-0.25, -0.2) is 9.97 Å². The van der Waals surface area contributed by atoms with Gasteiger partial charge in [-0.15, -0.1) is 0 Å². The van der Waals surface area contributed by atoms with Crippen molar-refractivity contribution in [2.75, 3.05) is 31.2 Å². The van der Waals surface area contributed by atoms with Gasteiger partial charge in [0.2, 0.25) is 0 Å². The highest BCUT2D eigenvalue weighted by molar-refractivity contribution is 5.54. The van der Waals surface area contributed by atoms with E-state index < -0.39 is 6.10 Å². The van der Waals surface area contributed by atoms with Crippen LogP contribution in [0.1, 0.15) is 22.6 Å². The Morgan fingerprint density at radius 3 is 3.04 bits per heavy atom. The van der Waals surface area contributed by atoms with Crippen LogP contribution in [0.2, 0.25) is 0 Å². The fourth-order valence-electron chi connectivity index (χ4n) is 3.31. The van der Waals surface area contributed by atoms with Gasteiger partial charge in [-0.3, -0.25) is 0 Å². The fourth-order valence-corrected chi connectivity index (χ4v) is 3.31. The van der Waals surface area contributed by atoms with Gasteiger partial charge in [-0.2, -0.15) is 0 Å². The first kappa shape index (κ1) is 15.4. The molecule has 1 atom stereocenters. The van der Waals surface area contributed by atoms with Gasteiger partial charge in [-0.1, -0.05) is 18.2 Å². The zero-order valence-electron chi connectivity index (χ0n) is 13.7. The molecule has 0 saturated carbocycles. The number of aliphatic hydroxyl groups is 1. The van der Waals surface area contributed by atoms with Crippen molar-refractivity contribution in [2.45, 2.75) is 26.1 Å². The lowest BCUT2D eigenvalue weighted by Crippen LogP contribution is -2.34. The van der Waals surface area contributed by atoms with Crippen molar-refractivity contribution in [3.63, 3.8) is 0 Å². The quantitative estimate of drug-likeness (QED) is 0.855. The number of hydrogen-bond donors (Lipinski definition) is 1. The zero-order valence-corrected chi connectivity index (χ0v) is 13.7. The number of para-hydroxylation sites is 1. The molecule has 0 radical (unpaired) electrons. The number of aliphatic hydroxyl groups excluding tert-OH is 1. The summed E-state index contributed by atoms with van der Waals surface area (Å²) in [5.41, 5.74) is 3.14. The van der Waals surface area contributed by atoms with Gasteiger partial charge >= 0.3 is 0 Å². The SMILES string of the molecule is Cc1nc2c(c(N3CCOCC(O)C3)n1)Cc1ccccc1OC2. The smallest absolute Gasteiger partial charge is 0.136 e. The van der Waals surface area contributed by atoms with Gasteiger partial charge in [0.15, 0.2) is 0 Å². The van der Waals surface area contributed by atoms with Crippen LogP contribution >= 0.6 is 0 Å². The normalized spacial score (nSPS) is 20.4. The first-order valence-corrected chi connectivity index (χ1v) is 8.28. The van der Waals surface area contributed by atoms with E-state index in [0.717, 1.165) is 40.6 Å². The number of β-amino-alcohol motifs (C(OH)–C–C–N with tert-alkyl or cyclic N) is 1. The molecule has 1 aromatic heterocycles. The average Bonchev–Trinajstić information content (AvgIpc) is 2.90. The molecule has 2 aliphatic rings. The molecule has 6 heteroatoms. The van der Waals surface area contributed by atoms with Crippen molar-refractivity contribution in [3.8, 4) is 5.75 Å². The van der Waals surface area contributed by atoms with Crippen LogP contribution in [-0.4, -0.2) is 47.5 Å². The molecule has 24 heavy (non-hydrogen) atoms. The van der Waals surface area contributed by atoms with Crippen LogP contribution in [0.4, 0.5) is 5.82 Å². The summed E-state index contributed by atoms with van der Waals surface area (Å²) < 4.78 is 11.4. The summed E-state index contributed by atoms with van der Waals surface area (Å²) in [5, 5.41) is 10.1. The molecule has 1 N–H and O–H groups in total. The van der Waals surface area contributed by atoms with Crippen molar-refractivity contribution >= 4 is 5.82 Å². The fraction of sp³-hybridized carbons (Fsp3) is 0.444. The van der Waals surface area contributed by atoms with Gasteiger partial charge in [0.05, 0.1) is 25.0 Å². The summed E-state index contributed by atoms with van der Waals surface area (Å²) in [6.45, 7) is 4.52. The maximum absolute atomic E-state index is 10.1. The molecule has 1 aromatic carbocycles. The Balaban J connectivity index is 1.77. The van der Waals surface area contributed by atoms with Gasteiger partial charge < -0.3 is 19.5 Å². The molecule has 1 saturated heterocycles. The second-order valence-corrected chi connectivity index (χ2v) is 6.27. The van der Waals surface area contributed by atoms with E-state index in [0.29, 0.717) is 32.9 Å². The van der Waals surface area contributed by atoms with Crippen molar-refractivity contribution in [3.05, 3.63) is 46.9 Å². The Bertz CT molecular complexity index is 750. The third-order valence-corrected chi connectivity index (χ3v) is 4.43. The van der Waals surface area contributed by atoms with Crippen LogP contribution in [0.25, 0.3) is 0 Å². The van der Waals surface area contributed by atoms with Crippen molar-refractivity contribution in [2.24, 2.45) is 0 Å². The minimum Gasteiger partial charge on any atom is -0.487 e. The largest absolute Gasteiger partial charge is 0.487 e. The number of aryl methyl sites for hydroxylation is 1. The summed E-state index contributed by atoms with van der Waals surface area (Å²) in [6, 6.07) is 8.07. The van der Waals surface area contributed by atoms with Crippen LogP contribution in [0.3, 0.4) is 0 Å². The Labute approximate surface area is 141 Å². The van der Waals surface area contributed by atoms with Crippen molar-refractivity contribution < 1.29 is 14.6 Å². The minimum absolute atomic E-state index is 0.370. The number of ether oxygens (including phenoxy) is 2. The van der Waals surface area contributed by atoms with Crippen molar-refractivity contribution in [1.29, 1.82) is 0 Å². The van der Waals surface area contributed by atoms with Crippen LogP contribution in [0.5, 0.6) is 5.75 Å². The average molecular weight is 327 g/mol. The molecular weight excluding hydrogens is 306 g/mol. The summed E-state index contributed by atoms with van der Waals surface area (Å²) >= 11 is 0. The molecule has 2 aliphatic heterocycles. The predicted octanol–water partition coefficient (Wildman–Crippen LogP) is 1.47. The number of fused-ring (bicyclic) bond motifs is 2. The van der Waals surface area contributed by atoms with Crippen molar-refractivity contribution in [1.82, 2.24) is 9.97 Å². The number of benzene rings is 1. The molecule has 0 amide bonds. The van der Waals surface area contributed by atoms with E-state index in [4.69, 9.17) is 14.5 Å². The first-order chi connectivity index (χ1) is 11.7. The third-order valence-electron chi connectivity index (χ3n) is 4.43. The monoisotopic (exact) mass is 327 g/mol. The highest BCUT2D eigenvalue weighted by Gasteiger charge is 2.25. The highest BCUT2D eigenvalue weighted by Crippen LogP contribution is 2.32. The molecule has 2 aromatic rings. The van der Waals surface area contributed by atoms with Crippen LogP contribution < -0.4 is 9.64 Å². The lowest BCUT2D eigenvalue weighted by atomic mass is 10.0. The Morgan fingerprint density at radius 2 is 2.12 bits per heavy atom. The Morgan fingerprint density at radius 1 is 1.25 bits per heavy atom. The van der Waals surface area contributed by atoms with Crippen LogP contribution in [0, 0.1) is 6.92 Å². The van der Waals surface area contributed by atoms with Crippen LogP contribution in [0.15, 0.2) is 24.3 Å². The number of nitrogens with zero attached hydrogens (tertiary/aromatic N) is 3. The molecule has 6 nitrogen and oxygen atoms in total. The summed E-state index contributed by atoms with van der Waals surface area (Å²) in [5.74, 6) is 2.51. The second kappa shape index (κ2) is 6.37. The van der Waals surface area contributed by atoms with E-state index in [1.807, 2.05) is 25.1 Å². The van der Waals surface area contributed by atoms with E-state index in [2.05, 4.69) is 16.0 Å². The topological polar surface area (TPSA) is 67.7 Å². The Hall–Kier alpha value is -2.18. The number of rotatable bonds is 1. The predicted molar refractivity (Wildman–Crippen MR) is 89.4 cm³/mol. The lowest BCUT2D eigenvalue weighted by molar-refractivity contribution is 0.0597. The number of aromatic nitrogens is 2. The summed E-state index contributed by atoms with van der Waals surface area (Å²) in [6.07, 6.45) is 0.224. The van der Waals surface area contributed by atoms with E-state index in [-0.39, 0.29) is 0 Å². The summed E-state index contributed by atoms with van der Waals surface area (Å²) in [4.78, 5) is 11.4. The lowest BCUT2D eigenvalue weighted by Gasteiger charge is -2.25. The molecule has 1 fully saturated rings. The highest BCUT2D eigenvalue weighted by atomic mass is 16.5. The molecule has 0 spiro atoms. The second-order valence-electron chi connectivity index (χ2n) is 6.27. The maximum Gasteiger partial charge on any atom is 0.136 e. The standard InChI is InChI=1S/C18H21N3O3/c1-12-19-16-11-24-17-5-3-2-4-13(17)8-15(16)18(20-12)21-6-7-23-10-14(22)9-21/h2-5,14,22H,6-11H2,1H3. The van der Waals surface area contributed by atoms with E-state index in [1.165, 1.54) is 0 Å². The molecule has 4 rings (SSSR count). The molecule has 1 unspecified atom stereocenters. The first-order valence-electron chi connectivity index (χ1n) is 8.28. The third kappa shape index (κ3) is 2.95. The van der Waals surface area contributed by atoms with Gasteiger partial charge in [-0.05, 0) is 18.6 Å². The Kier molecular flexibility index (Phi) is 4.08. The zero-order chi connectivity index (χ0) is 16.5.